The van der Waals surface area contributed by atoms with Crippen LogP contribution in [0.1, 0.15) is 25.0 Å². The van der Waals surface area contributed by atoms with Crippen LogP contribution in [0, 0.1) is 14.9 Å². The van der Waals surface area contributed by atoms with Gasteiger partial charge in [0, 0.05) is 0 Å². The molecule has 0 bridgehead atoms. The summed E-state index contributed by atoms with van der Waals surface area (Å²) in [5, 5.41) is 26.1. The van der Waals surface area contributed by atoms with Gasteiger partial charge in [0.15, 0.2) is 0 Å². The Bertz CT molecular complexity index is 4250. The van der Waals surface area contributed by atoms with Gasteiger partial charge in [0.25, 0.3) is 0 Å². The van der Waals surface area contributed by atoms with Gasteiger partial charge in [-0.15, -0.1) is 69.6 Å². The molecule has 0 nitrogen and oxygen atoms in total. The molecule has 0 fully saturated rings. The molecule has 0 aliphatic heterocycles. The maximum atomic E-state index is 3.06. The predicted octanol–water partition coefficient (Wildman–Crippen LogP) is 23.5. The normalized spacial score (nSPS) is 11.0. The average molecular weight is 1210 g/mol. The summed E-state index contributed by atoms with van der Waals surface area (Å²) in [5.41, 5.74) is 13.3. The zero-order valence-corrected chi connectivity index (χ0v) is 52.7. The Balaban J connectivity index is 0.000000174. The van der Waals surface area contributed by atoms with Crippen LogP contribution in [0.5, 0.6) is 0 Å². The molecule has 0 unspecified atom stereocenters. The number of aryl methyl sites for hydroxylation is 2. The molecule has 0 saturated carbocycles. The van der Waals surface area contributed by atoms with E-state index >= 15 is 0 Å². The third-order valence-electron chi connectivity index (χ3n) is 16.9. The summed E-state index contributed by atoms with van der Waals surface area (Å²) in [4.78, 5) is 0. The minimum absolute atomic E-state index is 0. The van der Waals surface area contributed by atoms with Crippen molar-refractivity contribution in [2.75, 3.05) is 0 Å². The van der Waals surface area contributed by atoms with Gasteiger partial charge in [-0.2, -0.15) is 12.1 Å². The van der Waals surface area contributed by atoms with Crippen LogP contribution in [0.4, 0.5) is 0 Å². The standard InChI is InChI=1S/2C39H27.2CH3.2ClH.Si.Zr/c2*1-2-25-21-36-34(38-30-15-7-3-11-26(30)23-27-12-4-8-16-31(27)38)19-20-35(37(36)22-25)39-32-17-9-5-13-28(32)24-29-14-6-10-18-33(29)39;;;;;;/h2*3-24H,2H2,1H3;2*1H3;2*1H;;/q4*-1;;;;. The average Bonchev–Trinajstić information content (AvgIpc) is 2.48. The molecule has 0 saturated heterocycles. The van der Waals surface area contributed by atoms with E-state index in [1.807, 2.05) is 0 Å². The summed E-state index contributed by atoms with van der Waals surface area (Å²) in [6.07, 6.45) is 2.03. The summed E-state index contributed by atoms with van der Waals surface area (Å²) in [6.45, 7) is 7.58. The van der Waals surface area contributed by atoms with Crippen LogP contribution >= 0.6 is 24.8 Å². The van der Waals surface area contributed by atoms with Crippen molar-refractivity contribution >= 4 is 139 Å². The van der Waals surface area contributed by atoms with E-state index in [0.29, 0.717) is 0 Å². The quantitative estimate of drug-likeness (QED) is 0.0884. The second-order valence-electron chi connectivity index (χ2n) is 21.2. The molecule has 0 N–H and O–H groups in total. The van der Waals surface area contributed by atoms with Gasteiger partial charge >= 0.3 is 30.2 Å². The second-order valence-corrected chi connectivity index (χ2v) is 21.2. The summed E-state index contributed by atoms with van der Waals surface area (Å²) >= 11 is 1.36. The summed E-state index contributed by atoms with van der Waals surface area (Å²) in [7, 11) is 0. The van der Waals surface area contributed by atoms with Crippen molar-refractivity contribution < 1.29 is 23.3 Å². The Labute approximate surface area is 522 Å². The van der Waals surface area contributed by atoms with E-state index in [1.54, 1.807) is 0 Å². The third kappa shape index (κ3) is 10.1. The molecule has 2 radical (unpaired) electrons. The number of hydrogen-bond donors (Lipinski definition) is 0. The molecule has 0 aliphatic rings. The zero-order chi connectivity index (χ0) is 53.8. The van der Waals surface area contributed by atoms with E-state index in [0.717, 1.165) is 12.8 Å². The van der Waals surface area contributed by atoms with Crippen molar-refractivity contribution in [1.29, 1.82) is 0 Å². The Kier molecular flexibility index (Phi) is 17.7. The van der Waals surface area contributed by atoms with E-state index in [-0.39, 0.29) is 39.7 Å². The Hall–Kier alpha value is -7.94. The van der Waals surface area contributed by atoms with Gasteiger partial charge < -0.3 is 14.9 Å². The first-order valence-corrected chi connectivity index (χ1v) is 32.1. The first-order chi connectivity index (χ1) is 39.6. The van der Waals surface area contributed by atoms with Crippen LogP contribution in [0.3, 0.4) is 0 Å². The van der Waals surface area contributed by atoms with Crippen molar-refractivity contribution in [2.45, 2.75) is 26.7 Å². The van der Waals surface area contributed by atoms with Gasteiger partial charge in [-0.1, -0.05) is 254 Å². The molecule has 16 rings (SSSR count). The molecule has 0 aromatic heterocycles. The number of hydrogen-bond acceptors (Lipinski definition) is 0. The van der Waals surface area contributed by atoms with E-state index < -0.39 is 0 Å². The van der Waals surface area contributed by atoms with E-state index in [2.05, 4.69) is 288 Å². The van der Waals surface area contributed by atoms with Crippen LogP contribution in [0.2, 0.25) is 0 Å². The van der Waals surface area contributed by atoms with Crippen LogP contribution in [-0.2, 0) is 36.2 Å². The van der Waals surface area contributed by atoms with Crippen molar-refractivity contribution in [2.24, 2.45) is 0 Å². The fourth-order valence-electron chi connectivity index (χ4n) is 13.2. The molecule has 4 heteroatoms. The molecule has 16 aromatic rings. The molecule has 16 aromatic carbocycles. The SMILES string of the molecule is CCc1cc2c(-c3c4ccccc4cc4ccccc34)ccc(-c3c4ccccc4cc4ccccc34)c2[cH-]1.CCc1cc2c(-c3c4ccccc4cc4ccccc34)ccc(-c3c4ccccc4cc4ccccc34)c2[cH-]1.Cl.Cl.[CH3-].[CH3-].[Si]=[Zr]. The van der Waals surface area contributed by atoms with Crippen LogP contribution in [-0.4, -0.2) is 6.88 Å². The van der Waals surface area contributed by atoms with Gasteiger partial charge in [-0.25, -0.2) is 0 Å². The molecular formula is C80H62Cl2SiZr-4. The predicted molar refractivity (Wildman–Crippen MR) is 373 cm³/mol. The number of halogens is 2. The fourth-order valence-corrected chi connectivity index (χ4v) is 13.2. The number of rotatable bonds is 6. The fraction of sp³-hybridized carbons (Fsp3) is 0.0500. The number of fused-ring (bicyclic) bond motifs is 10. The monoisotopic (exact) mass is 1210 g/mol. The van der Waals surface area contributed by atoms with Gasteiger partial charge in [0.1, 0.15) is 0 Å². The van der Waals surface area contributed by atoms with Gasteiger partial charge in [-0.3, -0.25) is 0 Å². The van der Waals surface area contributed by atoms with Crippen LogP contribution < -0.4 is 0 Å². The maximum absolute atomic E-state index is 3.06. The molecule has 0 aliphatic carbocycles. The van der Waals surface area contributed by atoms with Crippen molar-refractivity contribution in [3.05, 3.63) is 293 Å². The zero-order valence-electron chi connectivity index (χ0n) is 47.6. The van der Waals surface area contributed by atoms with E-state index in [4.69, 9.17) is 0 Å². The second kappa shape index (κ2) is 25.1. The molecule has 408 valence electrons. The Morgan fingerprint density at radius 3 is 0.667 bits per heavy atom. The summed E-state index contributed by atoms with van der Waals surface area (Å²) in [6, 6.07) is 99.1. The van der Waals surface area contributed by atoms with Crippen LogP contribution in [0.15, 0.2) is 267 Å². The molecule has 84 heavy (non-hydrogen) atoms. The first-order valence-electron chi connectivity index (χ1n) is 27.9. The Morgan fingerprint density at radius 1 is 0.262 bits per heavy atom. The molecular weight excluding hydrogens is 1150 g/mol. The van der Waals surface area contributed by atoms with Crippen LogP contribution in [0.25, 0.3) is 152 Å². The summed E-state index contributed by atoms with van der Waals surface area (Å²) < 4.78 is 0. The van der Waals surface area contributed by atoms with Gasteiger partial charge in [-0.05, 0) is 146 Å². The third-order valence-corrected chi connectivity index (χ3v) is 16.9. The number of benzene rings is 14. The van der Waals surface area contributed by atoms with Crippen molar-refractivity contribution in [3.63, 3.8) is 0 Å². The minimum atomic E-state index is 0. The summed E-state index contributed by atoms with van der Waals surface area (Å²) in [5.74, 6) is 0. The van der Waals surface area contributed by atoms with Gasteiger partial charge in [0.05, 0.1) is 0 Å². The van der Waals surface area contributed by atoms with Gasteiger partial charge in [0.2, 0.25) is 0 Å². The molecule has 0 spiro atoms. The van der Waals surface area contributed by atoms with Crippen molar-refractivity contribution in [3.8, 4) is 44.5 Å². The molecule has 0 atom stereocenters. The Morgan fingerprint density at radius 2 is 0.452 bits per heavy atom. The first kappa shape index (κ1) is 59.2. The molecule has 0 amide bonds. The van der Waals surface area contributed by atoms with E-state index in [9.17, 15) is 0 Å². The van der Waals surface area contributed by atoms with Crippen molar-refractivity contribution in [1.82, 2.24) is 0 Å². The van der Waals surface area contributed by atoms with E-state index in [1.165, 1.54) is 187 Å². The topological polar surface area (TPSA) is 0 Å². The molecule has 0 heterocycles.